The Morgan fingerprint density at radius 2 is 2.19 bits per heavy atom. The van der Waals surface area contributed by atoms with Gasteiger partial charge >= 0.3 is 0 Å². The summed E-state index contributed by atoms with van der Waals surface area (Å²) in [5.41, 5.74) is 1.30. The van der Waals surface area contributed by atoms with Crippen LogP contribution in [0.2, 0.25) is 0 Å². The fraction of sp³-hybridized carbons (Fsp3) is 0.231. The molecule has 0 aliphatic heterocycles. The topological polar surface area (TPSA) is 12.0 Å². The minimum absolute atomic E-state index is 0.416. The van der Waals surface area contributed by atoms with E-state index in [0.717, 1.165) is 11.0 Å². The maximum atomic E-state index is 3.52. The van der Waals surface area contributed by atoms with Crippen LogP contribution < -0.4 is 5.32 Å². The summed E-state index contributed by atoms with van der Waals surface area (Å²) in [7, 11) is 0. The minimum atomic E-state index is 0.416. The van der Waals surface area contributed by atoms with E-state index in [1.165, 1.54) is 10.4 Å². The van der Waals surface area contributed by atoms with Gasteiger partial charge in [-0.15, -0.1) is 11.3 Å². The third-order valence-electron chi connectivity index (χ3n) is 2.47. The van der Waals surface area contributed by atoms with E-state index >= 15 is 0 Å². The van der Waals surface area contributed by atoms with Crippen LogP contribution in [0.3, 0.4) is 0 Å². The molecule has 3 heteroatoms. The van der Waals surface area contributed by atoms with Crippen molar-refractivity contribution in [2.45, 2.75) is 19.5 Å². The van der Waals surface area contributed by atoms with Gasteiger partial charge in [-0.2, -0.15) is 0 Å². The van der Waals surface area contributed by atoms with Crippen molar-refractivity contribution in [3.8, 4) is 0 Å². The lowest BCUT2D eigenvalue weighted by atomic mass is 10.2. The van der Waals surface area contributed by atoms with Crippen LogP contribution in [0.4, 0.5) is 0 Å². The Hall–Kier alpha value is -0.640. The van der Waals surface area contributed by atoms with Gasteiger partial charge in [0.1, 0.15) is 0 Å². The molecular formula is C13H14BrNS. The third-order valence-corrected chi connectivity index (χ3v) is 4.02. The predicted molar refractivity (Wildman–Crippen MR) is 73.7 cm³/mol. The highest BCUT2D eigenvalue weighted by atomic mass is 79.9. The first-order valence-electron chi connectivity index (χ1n) is 5.27. The molecule has 1 atom stereocenters. The molecule has 0 amide bonds. The van der Waals surface area contributed by atoms with Gasteiger partial charge in [-0.25, -0.2) is 0 Å². The van der Waals surface area contributed by atoms with Crippen LogP contribution in [-0.4, -0.2) is 0 Å². The summed E-state index contributed by atoms with van der Waals surface area (Å²) in [5.74, 6) is 0. The smallest absolute Gasteiger partial charge is 0.0388 e. The number of rotatable bonds is 4. The molecule has 0 spiro atoms. The highest BCUT2D eigenvalue weighted by Crippen LogP contribution is 2.19. The number of nitrogens with one attached hydrogen (secondary N) is 1. The van der Waals surface area contributed by atoms with Crippen molar-refractivity contribution in [2.75, 3.05) is 0 Å². The molecule has 1 aromatic heterocycles. The Bertz CT molecular complexity index is 439. The standard InChI is InChI=1S/C13H14BrNS/c1-10(13-6-3-7-16-13)15-9-11-4-2-5-12(14)8-11/h2-8,10,15H,9H2,1H3/t10-/m1/s1. The Labute approximate surface area is 109 Å². The van der Waals surface area contributed by atoms with E-state index in [0.29, 0.717) is 6.04 Å². The second-order valence-electron chi connectivity index (χ2n) is 3.75. The van der Waals surface area contributed by atoms with Gasteiger partial charge in [0, 0.05) is 21.9 Å². The molecular weight excluding hydrogens is 282 g/mol. The van der Waals surface area contributed by atoms with Crippen LogP contribution in [0.25, 0.3) is 0 Å². The highest BCUT2D eigenvalue weighted by molar-refractivity contribution is 9.10. The van der Waals surface area contributed by atoms with Crippen molar-refractivity contribution >= 4 is 27.3 Å². The number of hydrogen-bond donors (Lipinski definition) is 1. The van der Waals surface area contributed by atoms with Gasteiger partial charge in [0.25, 0.3) is 0 Å². The first kappa shape index (κ1) is 11.8. The zero-order valence-corrected chi connectivity index (χ0v) is 11.5. The second kappa shape index (κ2) is 5.62. The molecule has 0 aliphatic carbocycles. The summed E-state index contributed by atoms with van der Waals surface area (Å²) >= 11 is 5.28. The van der Waals surface area contributed by atoms with Gasteiger partial charge in [0.05, 0.1) is 0 Å². The molecule has 0 aliphatic rings. The molecule has 1 heterocycles. The van der Waals surface area contributed by atoms with Crippen molar-refractivity contribution in [1.82, 2.24) is 5.32 Å². The summed E-state index contributed by atoms with van der Waals surface area (Å²) in [4.78, 5) is 1.38. The van der Waals surface area contributed by atoms with E-state index in [2.05, 4.69) is 63.9 Å². The predicted octanol–water partition coefficient (Wildman–Crippen LogP) is 4.36. The quantitative estimate of drug-likeness (QED) is 0.884. The van der Waals surface area contributed by atoms with Crippen molar-refractivity contribution < 1.29 is 0 Å². The molecule has 2 rings (SSSR count). The Morgan fingerprint density at radius 3 is 2.88 bits per heavy atom. The molecule has 0 saturated carbocycles. The van der Waals surface area contributed by atoms with Gasteiger partial charge in [-0.3, -0.25) is 0 Å². The lowest BCUT2D eigenvalue weighted by Gasteiger charge is -2.12. The maximum Gasteiger partial charge on any atom is 0.0388 e. The Kier molecular flexibility index (Phi) is 4.16. The van der Waals surface area contributed by atoms with Gasteiger partial charge < -0.3 is 5.32 Å². The van der Waals surface area contributed by atoms with Crippen LogP contribution in [-0.2, 0) is 6.54 Å². The fourth-order valence-electron chi connectivity index (χ4n) is 1.56. The van der Waals surface area contributed by atoms with Crippen LogP contribution >= 0.6 is 27.3 Å². The monoisotopic (exact) mass is 295 g/mol. The zero-order chi connectivity index (χ0) is 11.4. The summed E-state index contributed by atoms with van der Waals surface area (Å²) in [6, 6.07) is 13.1. The van der Waals surface area contributed by atoms with E-state index in [9.17, 15) is 0 Å². The molecule has 0 bridgehead atoms. The molecule has 0 saturated heterocycles. The first-order valence-corrected chi connectivity index (χ1v) is 6.94. The largest absolute Gasteiger partial charge is 0.305 e. The Morgan fingerprint density at radius 1 is 1.31 bits per heavy atom. The molecule has 1 nitrogen and oxygen atoms in total. The summed E-state index contributed by atoms with van der Waals surface area (Å²) in [6.07, 6.45) is 0. The molecule has 0 unspecified atom stereocenters. The summed E-state index contributed by atoms with van der Waals surface area (Å²) < 4.78 is 1.13. The number of benzene rings is 1. The van der Waals surface area contributed by atoms with Crippen molar-refractivity contribution in [1.29, 1.82) is 0 Å². The van der Waals surface area contributed by atoms with E-state index < -0.39 is 0 Å². The van der Waals surface area contributed by atoms with Crippen LogP contribution in [0.5, 0.6) is 0 Å². The van der Waals surface area contributed by atoms with E-state index in [1.54, 1.807) is 11.3 Å². The molecule has 84 valence electrons. The molecule has 1 N–H and O–H groups in total. The van der Waals surface area contributed by atoms with Gasteiger partial charge in [-0.05, 0) is 36.1 Å². The number of thiophene rings is 1. The Balaban J connectivity index is 1.92. The van der Waals surface area contributed by atoms with Crippen LogP contribution in [0.1, 0.15) is 23.4 Å². The molecule has 0 fully saturated rings. The van der Waals surface area contributed by atoms with Gasteiger partial charge in [0.15, 0.2) is 0 Å². The van der Waals surface area contributed by atoms with Crippen molar-refractivity contribution in [2.24, 2.45) is 0 Å². The van der Waals surface area contributed by atoms with Crippen molar-refractivity contribution in [3.63, 3.8) is 0 Å². The number of hydrogen-bond acceptors (Lipinski definition) is 2. The van der Waals surface area contributed by atoms with E-state index in [4.69, 9.17) is 0 Å². The first-order chi connectivity index (χ1) is 7.75. The molecule has 0 radical (unpaired) electrons. The van der Waals surface area contributed by atoms with Crippen LogP contribution in [0, 0.1) is 0 Å². The minimum Gasteiger partial charge on any atom is -0.305 e. The average molecular weight is 296 g/mol. The highest BCUT2D eigenvalue weighted by Gasteiger charge is 2.05. The average Bonchev–Trinajstić information content (AvgIpc) is 2.79. The summed E-state index contributed by atoms with van der Waals surface area (Å²) in [6.45, 7) is 3.10. The molecule has 1 aromatic carbocycles. The second-order valence-corrected chi connectivity index (χ2v) is 5.64. The van der Waals surface area contributed by atoms with Crippen LogP contribution in [0.15, 0.2) is 46.3 Å². The molecule has 16 heavy (non-hydrogen) atoms. The summed E-state index contributed by atoms with van der Waals surface area (Å²) in [5, 5.41) is 5.64. The maximum absolute atomic E-state index is 3.52. The third kappa shape index (κ3) is 3.17. The van der Waals surface area contributed by atoms with Gasteiger partial charge in [-0.1, -0.05) is 34.1 Å². The normalized spacial score (nSPS) is 12.6. The molecule has 2 aromatic rings. The number of halogens is 1. The lowest BCUT2D eigenvalue weighted by Crippen LogP contribution is -2.16. The van der Waals surface area contributed by atoms with E-state index in [1.807, 2.05) is 6.07 Å². The zero-order valence-electron chi connectivity index (χ0n) is 9.11. The SMILES string of the molecule is C[C@@H](NCc1cccc(Br)c1)c1cccs1. The van der Waals surface area contributed by atoms with Gasteiger partial charge in [0.2, 0.25) is 0 Å². The van der Waals surface area contributed by atoms with E-state index in [-0.39, 0.29) is 0 Å². The lowest BCUT2D eigenvalue weighted by molar-refractivity contribution is 0.583. The fourth-order valence-corrected chi connectivity index (χ4v) is 2.76. The van der Waals surface area contributed by atoms with Crippen molar-refractivity contribution in [3.05, 3.63) is 56.7 Å².